The number of ether oxygens (including phenoxy) is 1. The molecule has 1 fully saturated rings. The monoisotopic (exact) mass is 578 g/mol. The van der Waals surface area contributed by atoms with E-state index in [1.807, 2.05) is 55.5 Å². The predicted molar refractivity (Wildman–Crippen MR) is 167 cm³/mol. The minimum atomic E-state index is -0.721. The maximum absolute atomic E-state index is 14.4. The third-order valence-corrected chi connectivity index (χ3v) is 8.64. The highest BCUT2D eigenvalue weighted by Gasteiger charge is 2.53. The lowest BCUT2D eigenvalue weighted by molar-refractivity contribution is -0.120. The Bertz CT molecular complexity index is 1690. The Kier molecular flexibility index (Phi) is 7.69. The summed E-state index contributed by atoms with van der Waals surface area (Å²) < 4.78 is 5.52. The van der Waals surface area contributed by atoms with Gasteiger partial charge in [0.25, 0.3) is 11.8 Å². The van der Waals surface area contributed by atoms with Gasteiger partial charge < -0.3 is 15.0 Å². The number of methoxy groups -OCH3 is 1. The number of rotatable bonds is 9. The van der Waals surface area contributed by atoms with Gasteiger partial charge in [-0.15, -0.1) is 0 Å². The molecule has 43 heavy (non-hydrogen) atoms. The number of fused-ring (bicyclic) bond motifs is 4. The normalized spacial score (nSPS) is 18.6. The number of hydrogen-bond acceptors (Lipinski definition) is 4. The van der Waals surface area contributed by atoms with E-state index in [-0.39, 0.29) is 17.9 Å². The van der Waals surface area contributed by atoms with Crippen LogP contribution < -0.4 is 15.0 Å². The fourth-order valence-electron chi connectivity index (χ4n) is 6.52. The number of para-hydroxylation sites is 2. The molecule has 0 spiro atoms. The van der Waals surface area contributed by atoms with Gasteiger partial charge in [-0.2, -0.15) is 0 Å². The summed E-state index contributed by atoms with van der Waals surface area (Å²) in [6.45, 7) is 6.37. The third kappa shape index (κ3) is 5.15. The Hall–Kier alpha value is -4.59. The molecule has 2 aliphatic heterocycles. The highest BCUT2D eigenvalue weighted by atomic mass is 16.5. The highest BCUT2D eigenvalue weighted by Crippen LogP contribution is 2.45. The quantitative estimate of drug-likeness (QED) is 0.219. The van der Waals surface area contributed by atoms with E-state index in [9.17, 15) is 14.4 Å². The van der Waals surface area contributed by atoms with Crippen LogP contribution in [0.25, 0.3) is 10.9 Å². The summed E-state index contributed by atoms with van der Waals surface area (Å²) in [5, 5.41) is 4.12. The second kappa shape index (κ2) is 11.6. The Morgan fingerprint density at radius 3 is 2.56 bits per heavy atom. The van der Waals surface area contributed by atoms with Gasteiger partial charge in [0.15, 0.2) is 0 Å². The zero-order chi connectivity index (χ0) is 30.2. The van der Waals surface area contributed by atoms with Crippen LogP contribution in [0.3, 0.4) is 0 Å². The van der Waals surface area contributed by atoms with Crippen molar-refractivity contribution in [3.8, 4) is 5.75 Å². The molecule has 0 radical (unpaired) electrons. The summed E-state index contributed by atoms with van der Waals surface area (Å²) >= 11 is 0. The largest absolute Gasteiger partial charge is 0.497 e. The molecule has 8 heteroatoms. The molecule has 3 atom stereocenters. The van der Waals surface area contributed by atoms with Crippen molar-refractivity contribution in [1.29, 1.82) is 0 Å². The summed E-state index contributed by atoms with van der Waals surface area (Å²) in [5.74, 6) is 0.643. The summed E-state index contributed by atoms with van der Waals surface area (Å²) in [6.07, 6.45) is 3.34. The van der Waals surface area contributed by atoms with Crippen molar-refractivity contribution < 1.29 is 19.1 Å². The molecule has 4 amide bonds. The van der Waals surface area contributed by atoms with Gasteiger partial charge in [-0.3, -0.25) is 14.5 Å². The fraction of sp³-hybridized carbons (Fsp3) is 0.343. The number of anilines is 1. The average molecular weight is 579 g/mol. The lowest BCUT2D eigenvalue weighted by Gasteiger charge is -2.36. The topological polar surface area (TPSA) is 94.7 Å². The molecule has 6 rings (SSSR count). The molecule has 3 heterocycles. The van der Waals surface area contributed by atoms with Crippen LogP contribution >= 0.6 is 0 Å². The SMILES string of the molecule is COc1cccc([C@H]2c3[nH]c4ccccc4c3C[C@H]3C(=O)N(c4ccccc4C(=O)N[C@@H](C)CCCC(C)C)C(=O)N23)c1. The molecule has 1 aromatic heterocycles. The number of nitrogens with zero attached hydrogens (tertiary/aromatic N) is 2. The number of amides is 4. The van der Waals surface area contributed by atoms with Gasteiger partial charge in [-0.25, -0.2) is 9.69 Å². The number of carbonyl (C=O) groups is 3. The molecule has 1 saturated heterocycles. The van der Waals surface area contributed by atoms with Crippen molar-refractivity contribution in [3.05, 3.63) is 95.2 Å². The molecule has 0 saturated carbocycles. The van der Waals surface area contributed by atoms with Crippen molar-refractivity contribution in [2.24, 2.45) is 5.92 Å². The van der Waals surface area contributed by atoms with Crippen molar-refractivity contribution in [1.82, 2.24) is 15.2 Å². The van der Waals surface area contributed by atoms with Crippen LogP contribution in [0.15, 0.2) is 72.8 Å². The highest BCUT2D eigenvalue weighted by molar-refractivity contribution is 6.24. The van der Waals surface area contributed by atoms with E-state index in [1.54, 1.807) is 36.3 Å². The van der Waals surface area contributed by atoms with E-state index in [2.05, 4.69) is 24.1 Å². The van der Waals surface area contributed by atoms with Crippen LogP contribution in [0.4, 0.5) is 10.5 Å². The van der Waals surface area contributed by atoms with E-state index in [4.69, 9.17) is 4.74 Å². The first-order chi connectivity index (χ1) is 20.8. The number of imide groups is 1. The second-order valence-electron chi connectivity index (χ2n) is 12.0. The maximum atomic E-state index is 14.4. The summed E-state index contributed by atoms with van der Waals surface area (Å²) in [4.78, 5) is 48.5. The van der Waals surface area contributed by atoms with E-state index >= 15 is 0 Å². The Morgan fingerprint density at radius 1 is 1.00 bits per heavy atom. The number of carbonyl (C=O) groups excluding carboxylic acids is 3. The molecule has 2 N–H and O–H groups in total. The van der Waals surface area contributed by atoms with Crippen molar-refractivity contribution in [2.45, 2.75) is 64.6 Å². The number of H-pyrrole nitrogens is 1. The molecule has 0 bridgehead atoms. The number of aromatic amines is 1. The summed E-state index contributed by atoms with van der Waals surface area (Å²) in [5.41, 5.74) is 4.31. The zero-order valence-electron chi connectivity index (χ0n) is 25.1. The van der Waals surface area contributed by atoms with Crippen LogP contribution in [0.2, 0.25) is 0 Å². The smallest absolute Gasteiger partial charge is 0.332 e. The number of aromatic nitrogens is 1. The Morgan fingerprint density at radius 2 is 1.77 bits per heavy atom. The molecule has 4 aromatic rings. The molecule has 3 aromatic carbocycles. The Balaban J connectivity index is 1.37. The average Bonchev–Trinajstić information content (AvgIpc) is 3.49. The standard InChI is InChI=1S/C35H38N4O4/c1-21(2)11-9-12-22(3)36-33(40)26-16-6-8-18-29(26)39-34(41)30-20-27-25-15-5-7-17-28(25)37-31(27)32(38(30)35(39)42)23-13-10-14-24(19-23)43-4/h5-8,10,13-19,21-22,30,32,37H,9,11-12,20H2,1-4H3,(H,36,40)/t22-,30-,32-/m0/s1. The fourth-order valence-corrected chi connectivity index (χ4v) is 6.52. The maximum Gasteiger partial charge on any atom is 0.332 e. The van der Waals surface area contributed by atoms with Crippen LogP contribution in [0.1, 0.15) is 73.3 Å². The molecule has 222 valence electrons. The number of urea groups is 1. The van der Waals surface area contributed by atoms with Gasteiger partial charge >= 0.3 is 6.03 Å². The minimum absolute atomic E-state index is 0.0358. The van der Waals surface area contributed by atoms with E-state index in [1.165, 1.54) is 4.90 Å². The van der Waals surface area contributed by atoms with Gasteiger partial charge in [-0.05, 0) is 60.7 Å². The van der Waals surface area contributed by atoms with Gasteiger partial charge in [0.05, 0.1) is 18.4 Å². The van der Waals surface area contributed by atoms with Gasteiger partial charge in [0.2, 0.25) is 0 Å². The molecule has 0 unspecified atom stereocenters. The second-order valence-corrected chi connectivity index (χ2v) is 12.0. The molecular weight excluding hydrogens is 540 g/mol. The van der Waals surface area contributed by atoms with E-state index < -0.39 is 18.1 Å². The van der Waals surface area contributed by atoms with Crippen molar-refractivity contribution in [2.75, 3.05) is 12.0 Å². The van der Waals surface area contributed by atoms with E-state index in [0.29, 0.717) is 29.3 Å². The van der Waals surface area contributed by atoms with Gasteiger partial charge in [0.1, 0.15) is 17.8 Å². The van der Waals surface area contributed by atoms with Crippen LogP contribution in [-0.4, -0.2) is 46.9 Å². The number of nitrogens with one attached hydrogen (secondary N) is 2. The molecule has 2 aliphatic rings. The van der Waals surface area contributed by atoms with Crippen molar-refractivity contribution in [3.63, 3.8) is 0 Å². The Labute approximate surface area is 252 Å². The first kappa shape index (κ1) is 28.5. The van der Waals surface area contributed by atoms with Gasteiger partial charge in [0, 0.05) is 29.1 Å². The molecule has 8 nitrogen and oxygen atoms in total. The first-order valence-corrected chi connectivity index (χ1v) is 15.1. The molecule has 0 aliphatic carbocycles. The predicted octanol–water partition coefficient (Wildman–Crippen LogP) is 6.60. The lowest BCUT2D eigenvalue weighted by atomic mass is 9.89. The number of benzene rings is 3. The van der Waals surface area contributed by atoms with Crippen LogP contribution in [0.5, 0.6) is 5.75 Å². The van der Waals surface area contributed by atoms with Crippen LogP contribution in [0, 0.1) is 5.92 Å². The van der Waals surface area contributed by atoms with E-state index in [0.717, 1.165) is 47.0 Å². The third-order valence-electron chi connectivity index (χ3n) is 8.64. The molecular formula is C35H38N4O4. The summed E-state index contributed by atoms with van der Waals surface area (Å²) in [7, 11) is 1.61. The van der Waals surface area contributed by atoms with Gasteiger partial charge in [-0.1, -0.05) is 69.2 Å². The zero-order valence-corrected chi connectivity index (χ0v) is 25.1. The minimum Gasteiger partial charge on any atom is -0.497 e. The summed E-state index contributed by atoms with van der Waals surface area (Å²) in [6, 6.07) is 20.7. The lowest BCUT2D eigenvalue weighted by Crippen LogP contribution is -2.44. The van der Waals surface area contributed by atoms with Crippen LogP contribution in [-0.2, 0) is 11.2 Å². The van der Waals surface area contributed by atoms with Crippen molar-refractivity contribution >= 4 is 34.4 Å². The first-order valence-electron chi connectivity index (χ1n) is 15.1. The number of hydrogen-bond donors (Lipinski definition) is 2.